The molecule has 0 unspecified atom stereocenters. The molecule has 0 aliphatic heterocycles. The highest BCUT2D eigenvalue weighted by atomic mass is 16.5. The molecule has 2 aromatic rings. The normalized spacial score (nSPS) is 11.3. The highest BCUT2D eigenvalue weighted by molar-refractivity contribution is 5.76. The van der Waals surface area contributed by atoms with Crippen molar-refractivity contribution in [3.63, 3.8) is 0 Å². The maximum atomic E-state index is 11.9. The minimum absolute atomic E-state index is 0.617. The molecule has 3 heteroatoms. The summed E-state index contributed by atoms with van der Waals surface area (Å²) in [6, 6.07) is 16.5. The van der Waals surface area contributed by atoms with Crippen LogP contribution in [-0.2, 0) is 0 Å². The summed E-state index contributed by atoms with van der Waals surface area (Å²) in [5, 5.41) is 11.9. The number of hydrogen-bond acceptors (Lipinski definition) is 2. The van der Waals surface area contributed by atoms with Crippen molar-refractivity contribution in [1.82, 2.24) is 0 Å². The Hall–Kier alpha value is -2.29. The summed E-state index contributed by atoms with van der Waals surface area (Å²) in [5.74, 6) is 0.812. The number of ether oxygens (including phenoxy) is 1. The van der Waals surface area contributed by atoms with Crippen LogP contribution in [0.15, 0.2) is 54.6 Å². The minimum atomic E-state index is 0.617. The van der Waals surface area contributed by atoms with Gasteiger partial charge >= 0.3 is 0 Å². The summed E-state index contributed by atoms with van der Waals surface area (Å²) >= 11 is 0. The quantitative estimate of drug-likeness (QED) is 0.356. The molecule has 0 fully saturated rings. The Morgan fingerprint density at radius 1 is 1.06 bits per heavy atom. The second kappa shape index (κ2) is 5.87. The van der Waals surface area contributed by atoms with Gasteiger partial charge in [0.15, 0.2) is 6.21 Å². The highest BCUT2D eigenvalue weighted by Gasteiger charge is 2.00. The average Bonchev–Trinajstić information content (AvgIpc) is 2.42. The molecule has 0 spiro atoms. The van der Waals surface area contributed by atoms with Gasteiger partial charge in [0.2, 0.25) is 5.69 Å². The largest absolute Gasteiger partial charge is 0.618 e. The van der Waals surface area contributed by atoms with Gasteiger partial charge in [0, 0.05) is 17.7 Å². The first-order valence-electron chi connectivity index (χ1n) is 5.89. The molecule has 0 amide bonds. The van der Waals surface area contributed by atoms with Crippen molar-refractivity contribution >= 4 is 11.9 Å². The third kappa shape index (κ3) is 3.10. The zero-order valence-electron chi connectivity index (χ0n) is 10.2. The summed E-state index contributed by atoms with van der Waals surface area (Å²) in [5.41, 5.74) is 1.46. The molecule has 3 nitrogen and oxygen atoms in total. The van der Waals surface area contributed by atoms with Gasteiger partial charge in [-0.15, -0.1) is 0 Å². The Morgan fingerprint density at radius 3 is 2.33 bits per heavy atom. The molecule has 2 aromatic carbocycles. The molecule has 0 saturated carbocycles. The van der Waals surface area contributed by atoms with Crippen molar-refractivity contribution < 1.29 is 9.48 Å². The van der Waals surface area contributed by atoms with Gasteiger partial charge < -0.3 is 9.94 Å². The second-order valence-electron chi connectivity index (χ2n) is 3.79. The van der Waals surface area contributed by atoms with Gasteiger partial charge in [0.05, 0.1) is 6.61 Å². The zero-order chi connectivity index (χ0) is 12.8. The van der Waals surface area contributed by atoms with E-state index < -0.39 is 0 Å². The molecule has 18 heavy (non-hydrogen) atoms. The van der Waals surface area contributed by atoms with Gasteiger partial charge in [0.25, 0.3) is 0 Å². The SMILES string of the molecule is CCOc1ccc(C=[N+]([O-])c2ccccc2)cc1. The Balaban J connectivity index is 2.17. The van der Waals surface area contributed by atoms with Crippen LogP contribution in [0.4, 0.5) is 5.69 Å². The molecule has 0 bridgehead atoms. The number of benzene rings is 2. The summed E-state index contributed by atoms with van der Waals surface area (Å²) in [7, 11) is 0. The van der Waals surface area contributed by atoms with Crippen LogP contribution in [0.5, 0.6) is 5.75 Å². The van der Waals surface area contributed by atoms with Gasteiger partial charge in [-0.05, 0) is 31.2 Å². The fourth-order valence-corrected chi connectivity index (χ4v) is 1.60. The Bertz CT molecular complexity index is 518. The van der Waals surface area contributed by atoms with E-state index in [1.807, 2.05) is 49.4 Å². The Morgan fingerprint density at radius 2 is 1.72 bits per heavy atom. The van der Waals surface area contributed by atoms with Crippen LogP contribution >= 0.6 is 0 Å². The van der Waals surface area contributed by atoms with E-state index in [1.54, 1.807) is 18.3 Å². The zero-order valence-corrected chi connectivity index (χ0v) is 10.2. The lowest BCUT2D eigenvalue weighted by Crippen LogP contribution is -1.98. The smallest absolute Gasteiger partial charge is 0.216 e. The van der Waals surface area contributed by atoms with Crippen LogP contribution in [0.1, 0.15) is 12.5 Å². The van der Waals surface area contributed by atoms with E-state index in [0.717, 1.165) is 16.1 Å². The molecule has 0 saturated heterocycles. The van der Waals surface area contributed by atoms with Crippen LogP contribution in [0, 0.1) is 5.21 Å². The van der Waals surface area contributed by atoms with E-state index in [2.05, 4.69) is 0 Å². The fraction of sp³-hybridized carbons (Fsp3) is 0.133. The second-order valence-corrected chi connectivity index (χ2v) is 3.79. The molecule has 92 valence electrons. The van der Waals surface area contributed by atoms with E-state index >= 15 is 0 Å². The number of hydrogen-bond donors (Lipinski definition) is 0. The number of rotatable bonds is 4. The number of para-hydroxylation sites is 1. The molecular formula is C15H15NO2. The highest BCUT2D eigenvalue weighted by Crippen LogP contribution is 2.13. The van der Waals surface area contributed by atoms with Crippen molar-refractivity contribution in [3.8, 4) is 5.75 Å². The first-order valence-corrected chi connectivity index (χ1v) is 5.89. The van der Waals surface area contributed by atoms with Crippen LogP contribution in [-0.4, -0.2) is 17.6 Å². The van der Waals surface area contributed by atoms with Crippen molar-refractivity contribution in [2.75, 3.05) is 6.61 Å². The lowest BCUT2D eigenvalue weighted by Gasteiger charge is -2.04. The third-order valence-electron chi connectivity index (χ3n) is 2.47. The van der Waals surface area contributed by atoms with Gasteiger partial charge in [-0.1, -0.05) is 18.2 Å². The summed E-state index contributed by atoms with van der Waals surface area (Å²) < 4.78 is 6.20. The molecule has 0 radical (unpaired) electrons. The molecule has 0 atom stereocenters. The predicted molar refractivity (Wildman–Crippen MR) is 72.5 cm³/mol. The fourth-order valence-electron chi connectivity index (χ4n) is 1.60. The molecular weight excluding hydrogens is 226 g/mol. The van der Waals surface area contributed by atoms with Crippen molar-refractivity contribution in [1.29, 1.82) is 0 Å². The van der Waals surface area contributed by atoms with E-state index in [1.165, 1.54) is 0 Å². The third-order valence-corrected chi connectivity index (χ3v) is 2.47. The monoisotopic (exact) mass is 241 g/mol. The predicted octanol–water partition coefficient (Wildman–Crippen LogP) is 3.35. The number of nitrogens with zero attached hydrogens (tertiary/aromatic N) is 1. The average molecular weight is 241 g/mol. The van der Waals surface area contributed by atoms with E-state index in [4.69, 9.17) is 4.74 Å². The summed E-state index contributed by atoms with van der Waals surface area (Å²) in [6.07, 6.45) is 1.55. The lowest BCUT2D eigenvalue weighted by molar-refractivity contribution is -0.354. The summed E-state index contributed by atoms with van der Waals surface area (Å²) in [4.78, 5) is 0. The van der Waals surface area contributed by atoms with Gasteiger partial charge in [0.1, 0.15) is 5.75 Å². The molecule has 2 rings (SSSR count). The maximum absolute atomic E-state index is 11.9. The first-order chi connectivity index (χ1) is 8.79. The van der Waals surface area contributed by atoms with Crippen molar-refractivity contribution in [2.45, 2.75) is 6.92 Å². The minimum Gasteiger partial charge on any atom is -0.618 e. The maximum Gasteiger partial charge on any atom is 0.216 e. The molecule has 0 N–H and O–H groups in total. The van der Waals surface area contributed by atoms with E-state index in [-0.39, 0.29) is 0 Å². The lowest BCUT2D eigenvalue weighted by atomic mass is 10.2. The molecule has 0 aromatic heterocycles. The van der Waals surface area contributed by atoms with Gasteiger partial charge in [-0.25, -0.2) is 0 Å². The van der Waals surface area contributed by atoms with E-state index in [0.29, 0.717) is 12.3 Å². The topological polar surface area (TPSA) is 35.3 Å². The standard InChI is InChI=1S/C15H15NO2/c1-2-18-15-10-8-13(9-11-15)12-16(17)14-6-4-3-5-7-14/h3-12H,2H2,1H3. The first kappa shape index (κ1) is 12.2. The van der Waals surface area contributed by atoms with Crippen LogP contribution < -0.4 is 4.74 Å². The van der Waals surface area contributed by atoms with E-state index in [9.17, 15) is 5.21 Å². The van der Waals surface area contributed by atoms with Crippen molar-refractivity contribution in [3.05, 3.63) is 65.4 Å². The molecule has 0 heterocycles. The molecule has 0 aliphatic carbocycles. The molecule has 0 aliphatic rings. The van der Waals surface area contributed by atoms with Crippen LogP contribution in [0.3, 0.4) is 0 Å². The van der Waals surface area contributed by atoms with Gasteiger partial charge in [-0.3, -0.25) is 0 Å². The Labute approximate surface area is 107 Å². The van der Waals surface area contributed by atoms with Crippen LogP contribution in [0.25, 0.3) is 0 Å². The Kier molecular flexibility index (Phi) is 3.97. The van der Waals surface area contributed by atoms with Crippen LogP contribution in [0.2, 0.25) is 0 Å². The van der Waals surface area contributed by atoms with Crippen molar-refractivity contribution in [2.24, 2.45) is 0 Å². The summed E-state index contributed by atoms with van der Waals surface area (Å²) in [6.45, 7) is 2.58. The van der Waals surface area contributed by atoms with Gasteiger partial charge in [-0.2, -0.15) is 4.74 Å².